The van der Waals surface area contributed by atoms with Gasteiger partial charge in [0.2, 0.25) is 0 Å². The Labute approximate surface area is 173 Å². The van der Waals surface area contributed by atoms with Crippen LogP contribution in [0.5, 0.6) is 0 Å². The Hall–Kier alpha value is -2.58. The zero-order valence-electron chi connectivity index (χ0n) is 17.1. The van der Waals surface area contributed by atoms with Crippen LogP contribution in [-0.2, 0) is 0 Å². The molecule has 0 saturated carbocycles. The molecular weight excluding hydrogens is 395 g/mol. The second-order valence-corrected chi connectivity index (χ2v) is 8.14. The molecule has 1 saturated heterocycles. The zero-order valence-corrected chi connectivity index (χ0v) is 17.1. The van der Waals surface area contributed by atoms with Crippen molar-refractivity contribution in [2.24, 2.45) is 0 Å². The summed E-state index contributed by atoms with van der Waals surface area (Å²) < 4.78 is 42.1. The molecule has 4 rings (SSSR count). The fourth-order valence-corrected chi connectivity index (χ4v) is 4.45. The van der Waals surface area contributed by atoms with Gasteiger partial charge in [0.15, 0.2) is 6.04 Å². The van der Waals surface area contributed by atoms with Crippen molar-refractivity contribution < 1.29 is 18.0 Å². The van der Waals surface area contributed by atoms with Crippen LogP contribution < -0.4 is 5.32 Å². The predicted molar refractivity (Wildman–Crippen MR) is 106 cm³/mol. The molecule has 1 fully saturated rings. The molecule has 2 aliphatic rings. The van der Waals surface area contributed by atoms with Crippen LogP contribution in [0.3, 0.4) is 0 Å². The molecule has 6 nitrogen and oxygen atoms in total. The Balaban J connectivity index is 1.68. The summed E-state index contributed by atoms with van der Waals surface area (Å²) in [5.74, 6) is 0.251. The molecule has 0 unspecified atom stereocenters. The minimum atomic E-state index is -4.37. The van der Waals surface area contributed by atoms with Crippen molar-refractivity contribution in [3.63, 3.8) is 0 Å². The number of anilines is 1. The molecule has 0 bridgehead atoms. The van der Waals surface area contributed by atoms with Crippen molar-refractivity contribution in [2.75, 3.05) is 11.9 Å². The molecule has 0 spiro atoms. The number of hydrogen-bond donors (Lipinski definition) is 1. The van der Waals surface area contributed by atoms with E-state index in [2.05, 4.69) is 15.4 Å². The molecule has 0 aromatic carbocycles. The number of carbonyl (C=O) groups is 1. The SMILES string of the molecule is CC[C@@H]1C[C@H](C(F)(F)F)n2nc([C@H]3CCCCN3C(=O)c3ccncc3C)cc2N1. The van der Waals surface area contributed by atoms with Gasteiger partial charge in [0.25, 0.3) is 5.91 Å². The first-order chi connectivity index (χ1) is 14.3. The van der Waals surface area contributed by atoms with Crippen LogP contribution in [-0.4, -0.2) is 44.3 Å². The molecule has 2 aliphatic heterocycles. The third kappa shape index (κ3) is 3.77. The van der Waals surface area contributed by atoms with Crippen LogP contribution in [0, 0.1) is 6.92 Å². The standard InChI is InChI=1S/C21H26F3N5O/c1-3-14-10-18(21(22,23)24)29-19(26-14)11-16(27-29)17-6-4-5-9-28(17)20(30)15-7-8-25-12-13(15)2/h7-8,11-12,14,17-18,26H,3-6,9-10H2,1-2H3/t14-,17-,18-/m1/s1. The van der Waals surface area contributed by atoms with Gasteiger partial charge in [0, 0.05) is 36.6 Å². The summed E-state index contributed by atoms with van der Waals surface area (Å²) in [5, 5.41) is 7.55. The fraction of sp³-hybridized carbons (Fsp3) is 0.571. The van der Waals surface area contributed by atoms with E-state index in [1.807, 2.05) is 13.8 Å². The van der Waals surface area contributed by atoms with Gasteiger partial charge in [-0.3, -0.25) is 9.78 Å². The highest BCUT2D eigenvalue weighted by Crippen LogP contribution is 2.42. The summed E-state index contributed by atoms with van der Waals surface area (Å²) in [7, 11) is 0. The molecular formula is C21H26F3N5O. The number of halogens is 3. The topological polar surface area (TPSA) is 63.1 Å². The lowest BCUT2D eigenvalue weighted by atomic mass is 9.97. The molecule has 1 amide bonds. The Kier molecular flexibility index (Phi) is 5.46. The molecule has 1 N–H and O–H groups in total. The number of hydrogen-bond acceptors (Lipinski definition) is 4. The number of rotatable bonds is 3. The minimum Gasteiger partial charge on any atom is -0.367 e. The number of aromatic nitrogens is 3. The summed E-state index contributed by atoms with van der Waals surface area (Å²) in [6, 6.07) is 1.14. The Morgan fingerprint density at radius 2 is 2.13 bits per heavy atom. The Morgan fingerprint density at radius 1 is 1.33 bits per heavy atom. The normalized spacial score (nSPS) is 24.3. The van der Waals surface area contributed by atoms with Crippen LogP contribution in [0.15, 0.2) is 24.5 Å². The second-order valence-electron chi connectivity index (χ2n) is 8.14. The van der Waals surface area contributed by atoms with Crippen molar-refractivity contribution in [3.8, 4) is 0 Å². The summed E-state index contributed by atoms with van der Waals surface area (Å²) in [6.45, 7) is 4.26. The highest BCUT2D eigenvalue weighted by atomic mass is 19.4. The van der Waals surface area contributed by atoms with E-state index in [4.69, 9.17) is 0 Å². The van der Waals surface area contributed by atoms with Crippen molar-refractivity contribution >= 4 is 11.7 Å². The molecule has 2 aromatic rings. The Bertz CT molecular complexity index is 926. The molecule has 4 heterocycles. The first-order valence-corrected chi connectivity index (χ1v) is 10.4. The molecule has 3 atom stereocenters. The monoisotopic (exact) mass is 421 g/mol. The predicted octanol–water partition coefficient (Wildman–Crippen LogP) is 4.65. The summed E-state index contributed by atoms with van der Waals surface area (Å²) in [6.07, 6.45) is 1.85. The average Bonchev–Trinajstić information content (AvgIpc) is 3.16. The van der Waals surface area contributed by atoms with Gasteiger partial charge in [-0.2, -0.15) is 18.3 Å². The number of alkyl halides is 3. The average molecular weight is 421 g/mol. The number of piperidine rings is 1. The van der Waals surface area contributed by atoms with Crippen molar-refractivity contribution in [2.45, 2.75) is 70.3 Å². The minimum absolute atomic E-state index is 0.0440. The largest absolute Gasteiger partial charge is 0.410 e. The number of pyridine rings is 1. The van der Waals surface area contributed by atoms with E-state index in [0.717, 1.165) is 23.1 Å². The van der Waals surface area contributed by atoms with E-state index in [9.17, 15) is 18.0 Å². The highest BCUT2D eigenvalue weighted by Gasteiger charge is 2.46. The number of aryl methyl sites for hydroxylation is 1. The first-order valence-electron chi connectivity index (χ1n) is 10.4. The van der Waals surface area contributed by atoms with E-state index < -0.39 is 12.2 Å². The Morgan fingerprint density at radius 3 is 2.83 bits per heavy atom. The molecule has 162 valence electrons. The lowest BCUT2D eigenvalue weighted by Gasteiger charge is -2.35. The lowest BCUT2D eigenvalue weighted by Crippen LogP contribution is -2.40. The van der Waals surface area contributed by atoms with Crippen LogP contribution in [0.1, 0.15) is 72.7 Å². The maximum Gasteiger partial charge on any atom is 0.410 e. The maximum atomic E-state index is 13.7. The van der Waals surface area contributed by atoms with E-state index in [0.29, 0.717) is 36.5 Å². The number of nitrogens with zero attached hydrogens (tertiary/aromatic N) is 4. The number of fused-ring (bicyclic) bond motifs is 1. The number of carbonyl (C=O) groups excluding carboxylic acids is 1. The van der Waals surface area contributed by atoms with Crippen LogP contribution in [0.25, 0.3) is 0 Å². The summed E-state index contributed by atoms with van der Waals surface area (Å²) in [4.78, 5) is 19.0. The van der Waals surface area contributed by atoms with Gasteiger partial charge in [-0.05, 0) is 50.7 Å². The number of nitrogens with one attached hydrogen (secondary N) is 1. The summed E-state index contributed by atoms with van der Waals surface area (Å²) in [5.41, 5.74) is 1.86. The van der Waals surface area contributed by atoms with Crippen LogP contribution in [0.2, 0.25) is 0 Å². The fourth-order valence-electron chi connectivity index (χ4n) is 4.45. The van der Waals surface area contributed by atoms with Gasteiger partial charge in [-0.25, -0.2) is 4.68 Å². The van der Waals surface area contributed by atoms with Gasteiger partial charge in [-0.1, -0.05) is 6.92 Å². The zero-order chi connectivity index (χ0) is 21.5. The molecule has 9 heteroatoms. The molecule has 30 heavy (non-hydrogen) atoms. The van der Waals surface area contributed by atoms with Gasteiger partial charge in [-0.15, -0.1) is 0 Å². The molecule has 0 radical (unpaired) electrons. The van der Waals surface area contributed by atoms with E-state index >= 15 is 0 Å². The maximum absolute atomic E-state index is 13.7. The third-order valence-electron chi connectivity index (χ3n) is 6.14. The van der Waals surface area contributed by atoms with Gasteiger partial charge >= 0.3 is 6.18 Å². The highest BCUT2D eigenvalue weighted by molar-refractivity contribution is 5.95. The van der Waals surface area contributed by atoms with Gasteiger partial charge < -0.3 is 10.2 Å². The molecule has 2 aromatic heterocycles. The second kappa shape index (κ2) is 7.92. The van der Waals surface area contributed by atoms with Crippen LogP contribution in [0.4, 0.5) is 19.0 Å². The summed E-state index contributed by atoms with van der Waals surface area (Å²) >= 11 is 0. The van der Waals surface area contributed by atoms with Crippen molar-refractivity contribution in [1.29, 1.82) is 0 Å². The lowest BCUT2D eigenvalue weighted by molar-refractivity contribution is -0.173. The van der Waals surface area contributed by atoms with Crippen molar-refractivity contribution in [3.05, 3.63) is 41.3 Å². The van der Waals surface area contributed by atoms with E-state index in [-0.39, 0.29) is 24.4 Å². The first kappa shape index (κ1) is 20.7. The van der Waals surface area contributed by atoms with Gasteiger partial charge in [0.1, 0.15) is 5.82 Å². The van der Waals surface area contributed by atoms with Crippen molar-refractivity contribution in [1.82, 2.24) is 19.7 Å². The van der Waals surface area contributed by atoms with Gasteiger partial charge in [0.05, 0.1) is 11.7 Å². The third-order valence-corrected chi connectivity index (χ3v) is 6.14. The van der Waals surface area contributed by atoms with E-state index in [1.165, 1.54) is 0 Å². The number of likely N-dealkylation sites (tertiary alicyclic amines) is 1. The van der Waals surface area contributed by atoms with E-state index in [1.54, 1.807) is 29.4 Å². The molecule has 0 aliphatic carbocycles. The van der Waals surface area contributed by atoms with Crippen LogP contribution >= 0.6 is 0 Å². The smallest absolute Gasteiger partial charge is 0.367 e. The quantitative estimate of drug-likeness (QED) is 0.784. The number of amides is 1.